The third-order valence-electron chi connectivity index (χ3n) is 4.35. The first kappa shape index (κ1) is 21.4. The van der Waals surface area contributed by atoms with Gasteiger partial charge >= 0.3 is 11.9 Å². The molecule has 0 bridgehead atoms. The van der Waals surface area contributed by atoms with Crippen molar-refractivity contribution < 1.29 is 28.7 Å². The van der Waals surface area contributed by atoms with Crippen molar-refractivity contribution in [1.82, 2.24) is 5.32 Å². The molecule has 1 fully saturated rings. The molecule has 0 radical (unpaired) electrons. The van der Waals surface area contributed by atoms with Crippen LogP contribution in [-0.2, 0) is 23.9 Å². The van der Waals surface area contributed by atoms with E-state index >= 15 is 0 Å². The van der Waals surface area contributed by atoms with Crippen LogP contribution in [0.1, 0.15) is 43.5 Å². The van der Waals surface area contributed by atoms with Crippen molar-refractivity contribution in [2.45, 2.75) is 39.2 Å². The van der Waals surface area contributed by atoms with Crippen LogP contribution in [0.4, 0.5) is 5.69 Å². The van der Waals surface area contributed by atoms with Crippen LogP contribution in [0.15, 0.2) is 24.3 Å². The van der Waals surface area contributed by atoms with E-state index < -0.39 is 30.5 Å². The third kappa shape index (κ3) is 5.80. The van der Waals surface area contributed by atoms with E-state index in [0.29, 0.717) is 19.4 Å². The number of methoxy groups -OCH3 is 1. The second kappa shape index (κ2) is 9.87. The van der Waals surface area contributed by atoms with E-state index in [1.165, 1.54) is 7.11 Å². The molecule has 8 nitrogen and oxygen atoms in total. The number of carbonyl (C=O) groups is 4. The van der Waals surface area contributed by atoms with Crippen LogP contribution < -0.4 is 10.2 Å². The molecule has 8 heteroatoms. The maximum atomic E-state index is 12.1. The number of ether oxygens (including phenoxy) is 2. The molecule has 1 atom stereocenters. The number of nitrogens with one attached hydrogen (secondary N) is 1. The lowest BCUT2D eigenvalue weighted by Crippen LogP contribution is -2.44. The van der Waals surface area contributed by atoms with Crippen molar-refractivity contribution >= 4 is 29.4 Å². The minimum absolute atomic E-state index is 0.0635. The van der Waals surface area contributed by atoms with E-state index in [2.05, 4.69) is 10.1 Å². The molecular weight excluding hydrogens is 364 g/mol. The highest BCUT2D eigenvalue weighted by atomic mass is 16.5. The van der Waals surface area contributed by atoms with Gasteiger partial charge in [-0.1, -0.05) is 13.8 Å². The zero-order valence-corrected chi connectivity index (χ0v) is 16.4. The van der Waals surface area contributed by atoms with Crippen LogP contribution in [0, 0.1) is 5.92 Å². The zero-order valence-electron chi connectivity index (χ0n) is 16.4. The van der Waals surface area contributed by atoms with Gasteiger partial charge in [0.15, 0.2) is 6.61 Å². The summed E-state index contributed by atoms with van der Waals surface area (Å²) in [5, 5.41) is 2.52. The number of carbonyl (C=O) groups excluding carboxylic acids is 4. The number of esters is 2. The first-order valence-electron chi connectivity index (χ1n) is 9.26. The van der Waals surface area contributed by atoms with Crippen LogP contribution in [0.5, 0.6) is 0 Å². The molecule has 28 heavy (non-hydrogen) atoms. The molecule has 0 aromatic heterocycles. The fourth-order valence-corrected chi connectivity index (χ4v) is 2.98. The topological polar surface area (TPSA) is 102 Å². The standard InChI is InChI=1S/C20H26N2O6/c1-13(2)11-16(20(26)27-3)21-17(23)12-28-19(25)14-6-8-15(9-7-14)22-10-4-5-18(22)24/h6-9,13,16H,4-5,10-12H2,1-3H3,(H,21,23). The van der Waals surface area contributed by atoms with E-state index in [1.807, 2.05) is 13.8 Å². The van der Waals surface area contributed by atoms with E-state index in [4.69, 9.17) is 4.74 Å². The predicted molar refractivity (Wildman–Crippen MR) is 102 cm³/mol. The molecule has 1 aromatic carbocycles. The number of benzene rings is 1. The molecule has 1 N–H and O–H groups in total. The quantitative estimate of drug-likeness (QED) is 0.678. The van der Waals surface area contributed by atoms with E-state index in [1.54, 1.807) is 29.2 Å². The Morgan fingerprint density at radius 1 is 1.18 bits per heavy atom. The highest BCUT2D eigenvalue weighted by molar-refractivity contribution is 5.96. The molecule has 2 amide bonds. The van der Waals surface area contributed by atoms with Gasteiger partial charge in [-0.3, -0.25) is 9.59 Å². The average molecular weight is 390 g/mol. The number of hydrogen-bond donors (Lipinski definition) is 1. The van der Waals surface area contributed by atoms with Gasteiger partial charge in [-0.2, -0.15) is 0 Å². The Hall–Kier alpha value is -2.90. The van der Waals surface area contributed by atoms with Crippen LogP contribution in [-0.4, -0.2) is 50.1 Å². The fraction of sp³-hybridized carbons (Fsp3) is 0.500. The Morgan fingerprint density at radius 2 is 1.86 bits per heavy atom. The molecular formula is C20H26N2O6. The SMILES string of the molecule is COC(=O)C(CC(C)C)NC(=O)COC(=O)c1ccc(N2CCCC2=O)cc1. The van der Waals surface area contributed by atoms with Gasteiger partial charge in [-0.25, -0.2) is 9.59 Å². The van der Waals surface area contributed by atoms with Crippen LogP contribution in [0.25, 0.3) is 0 Å². The van der Waals surface area contributed by atoms with Gasteiger partial charge in [-0.05, 0) is 43.0 Å². The normalized spacial score (nSPS) is 14.7. The summed E-state index contributed by atoms with van der Waals surface area (Å²) in [6.45, 7) is 4.00. The van der Waals surface area contributed by atoms with Crippen molar-refractivity contribution in [3.63, 3.8) is 0 Å². The smallest absolute Gasteiger partial charge is 0.338 e. The number of rotatable bonds is 8. The first-order chi connectivity index (χ1) is 13.3. The third-order valence-corrected chi connectivity index (χ3v) is 4.35. The molecule has 0 aliphatic carbocycles. The Balaban J connectivity index is 1.87. The lowest BCUT2D eigenvalue weighted by atomic mass is 10.0. The van der Waals surface area contributed by atoms with E-state index in [9.17, 15) is 19.2 Å². The molecule has 1 aromatic rings. The molecule has 2 rings (SSSR count). The van der Waals surface area contributed by atoms with Gasteiger partial charge in [0.05, 0.1) is 12.7 Å². The molecule has 1 unspecified atom stereocenters. The Labute approximate surface area is 164 Å². The van der Waals surface area contributed by atoms with E-state index in [0.717, 1.165) is 12.1 Å². The minimum Gasteiger partial charge on any atom is -0.467 e. The van der Waals surface area contributed by atoms with Crippen molar-refractivity contribution in [2.75, 3.05) is 25.2 Å². The molecule has 1 aliphatic heterocycles. The summed E-state index contributed by atoms with van der Waals surface area (Å²) in [7, 11) is 1.25. The molecule has 0 saturated carbocycles. The molecule has 1 heterocycles. The summed E-state index contributed by atoms with van der Waals surface area (Å²) in [4.78, 5) is 49.3. The average Bonchev–Trinajstić information content (AvgIpc) is 3.10. The molecule has 1 saturated heterocycles. The Bertz CT molecular complexity index is 729. The predicted octanol–water partition coefficient (Wildman–Crippen LogP) is 1.67. The lowest BCUT2D eigenvalue weighted by Gasteiger charge is -2.18. The number of hydrogen-bond acceptors (Lipinski definition) is 6. The van der Waals surface area contributed by atoms with Gasteiger partial charge in [0, 0.05) is 18.7 Å². The Morgan fingerprint density at radius 3 is 2.39 bits per heavy atom. The second-order valence-corrected chi connectivity index (χ2v) is 7.04. The first-order valence-corrected chi connectivity index (χ1v) is 9.26. The highest BCUT2D eigenvalue weighted by Crippen LogP contribution is 2.21. The van der Waals surface area contributed by atoms with Crippen molar-refractivity contribution in [3.8, 4) is 0 Å². The summed E-state index contributed by atoms with van der Waals surface area (Å²) < 4.78 is 9.69. The molecule has 0 spiro atoms. The minimum atomic E-state index is -0.784. The summed E-state index contributed by atoms with van der Waals surface area (Å²) in [6.07, 6.45) is 1.77. The maximum Gasteiger partial charge on any atom is 0.338 e. The summed E-state index contributed by atoms with van der Waals surface area (Å²) >= 11 is 0. The van der Waals surface area contributed by atoms with Gasteiger partial charge in [0.2, 0.25) is 5.91 Å². The van der Waals surface area contributed by atoms with Gasteiger partial charge < -0.3 is 19.7 Å². The summed E-state index contributed by atoms with van der Waals surface area (Å²) in [5.74, 6) is -1.54. The zero-order chi connectivity index (χ0) is 20.7. The van der Waals surface area contributed by atoms with Crippen molar-refractivity contribution in [3.05, 3.63) is 29.8 Å². The maximum absolute atomic E-state index is 12.1. The Kier molecular flexibility index (Phi) is 7.54. The number of amides is 2. The second-order valence-electron chi connectivity index (χ2n) is 7.04. The summed E-state index contributed by atoms with van der Waals surface area (Å²) in [5.41, 5.74) is 1.00. The lowest BCUT2D eigenvalue weighted by molar-refractivity contribution is -0.145. The van der Waals surface area contributed by atoms with Crippen molar-refractivity contribution in [2.24, 2.45) is 5.92 Å². The van der Waals surface area contributed by atoms with Crippen LogP contribution in [0.2, 0.25) is 0 Å². The van der Waals surface area contributed by atoms with E-state index in [-0.39, 0.29) is 17.4 Å². The number of nitrogens with zero attached hydrogens (tertiary/aromatic N) is 1. The van der Waals surface area contributed by atoms with Gasteiger partial charge in [0.25, 0.3) is 5.91 Å². The number of anilines is 1. The van der Waals surface area contributed by atoms with Crippen LogP contribution in [0.3, 0.4) is 0 Å². The fourth-order valence-electron chi connectivity index (χ4n) is 2.98. The van der Waals surface area contributed by atoms with Crippen molar-refractivity contribution in [1.29, 1.82) is 0 Å². The van der Waals surface area contributed by atoms with Crippen LogP contribution >= 0.6 is 0 Å². The summed E-state index contributed by atoms with van der Waals surface area (Å²) in [6, 6.07) is 5.67. The van der Waals surface area contributed by atoms with Gasteiger partial charge in [-0.15, -0.1) is 0 Å². The monoisotopic (exact) mass is 390 g/mol. The highest BCUT2D eigenvalue weighted by Gasteiger charge is 2.24. The molecule has 1 aliphatic rings. The van der Waals surface area contributed by atoms with Gasteiger partial charge in [0.1, 0.15) is 6.04 Å². The molecule has 152 valence electrons. The largest absolute Gasteiger partial charge is 0.467 e.